The second-order valence-electron chi connectivity index (χ2n) is 10.2. The SMILES string of the molecule is CC1(c2ccccc2)c2ccccc2-c2ccc(-c3ccc4c5c(cccc35)-c3ccccc3S4)cc21. The summed E-state index contributed by atoms with van der Waals surface area (Å²) in [5, 5.41) is 2.70. The molecule has 1 unspecified atom stereocenters. The number of fused-ring (bicyclic) bond motifs is 5. The van der Waals surface area contributed by atoms with Crippen molar-refractivity contribution in [2.75, 3.05) is 0 Å². The smallest absolute Gasteiger partial charge is 0.0435 e. The monoisotopic (exact) mass is 488 g/mol. The summed E-state index contributed by atoms with van der Waals surface area (Å²) in [4.78, 5) is 2.68. The van der Waals surface area contributed by atoms with Crippen molar-refractivity contribution in [2.45, 2.75) is 22.1 Å². The molecule has 0 saturated carbocycles. The molecule has 1 aliphatic heterocycles. The Morgan fingerprint density at radius 3 is 2.08 bits per heavy atom. The molecular formula is C36H24S. The van der Waals surface area contributed by atoms with E-state index in [-0.39, 0.29) is 5.41 Å². The van der Waals surface area contributed by atoms with Gasteiger partial charge < -0.3 is 0 Å². The maximum Gasteiger partial charge on any atom is 0.0435 e. The van der Waals surface area contributed by atoms with Crippen LogP contribution in [-0.2, 0) is 5.41 Å². The van der Waals surface area contributed by atoms with Gasteiger partial charge in [0.2, 0.25) is 0 Å². The topological polar surface area (TPSA) is 0 Å². The van der Waals surface area contributed by atoms with Crippen LogP contribution >= 0.6 is 11.8 Å². The standard InChI is InChI=1S/C36H24S/c1-36(24-10-3-2-4-11-24)31-16-7-5-12-26(31)27-19-18-23(22-32(27)36)25-20-21-34-35-29(25)14-9-15-30(35)28-13-6-8-17-33(28)37-34/h2-22H,1H3. The fourth-order valence-electron chi connectivity index (χ4n) is 6.57. The van der Waals surface area contributed by atoms with E-state index in [2.05, 4.69) is 134 Å². The molecule has 6 aromatic carbocycles. The van der Waals surface area contributed by atoms with Crippen LogP contribution in [0, 0.1) is 0 Å². The van der Waals surface area contributed by atoms with Crippen LogP contribution in [-0.4, -0.2) is 0 Å². The van der Waals surface area contributed by atoms with Crippen LogP contribution in [0.15, 0.2) is 137 Å². The van der Waals surface area contributed by atoms with Gasteiger partial charge in [0.25, 0.3) is 0 Å². The molecule has 0 fully saturated rings. The van der Waals surface area contributed by atoms with Crippen LogP contribution in [0.3, 0.4) is 0 Å². The molecule has 37 heavy (non-hydrogen) atoms. The zero-order valence-electron chi connectivity index (χ0n) is 20.5. The lowest BCUT2D eigenvalue weighted by atomic mass is 9.74. The van der Waals surface area contributed by atoms with Gasteiger partial charge >= 0.3 is 0 Å². The molecule has 0 saturated heterocycles. The van der Waals surface area contributed by atoms with Crippen molar-refractivity contribution in [3.63, 3.8) is 0 Å². The quantitative estimate of drug-likeness (QED) is 0.233. The molecule has 1 aliphatic carbocycles. The van der Waals surface area contributed by atoms with E-state index in [9.17, 15) is 0 Å². The lowest BCUT2D eigenvalue weighted by Crippen LogP contribution is -2.22. The molecule has 0 radical (unpaired) electrons. The number of benzene rings is 6. The molecule has 2 aliphatic rings. The molecule has 0 nitrogen and oxygen atoms in total. The summed E-state index contributed by atoms with van der Waals surface area (Å²) >= 11 is 1.89. The van der Waals surface area contributed by atoms with Gasteiger partial charge in [-0.15, -0.1) is 0 Å². The molecular weight excluding hydrogens is 464 g/mol. The van der Waals surface area contributed by atoms with E-state index in [1.165, 1.54) is 70.6 Å². The highest BCUT2D eigenvalue weighted by molar-refractivity contribution is 7.99. The van der Waals surface area contributed by atoms with Crippen LogP contribution in [0.4, 0.5) is 0 Å². The van der Waals surface area contributed by atoms with Gasteiger partial charge in [-0.25, -0.2) is 0 Å². The van der Waals surface area contributed by atoms with Crippen LogP contribution in [0.25, 0.3) is 44.2 Å². The third-order valence-corrected chi connectivity index (χ3v) is 9.51. The largest absolute Gasteiger partial charge is 0.0888 e. The van der Waals surface area contributed by atoms with E-state index in [1.807, 2.05) is 11.8 Å². The average molecular weight is 489 g/mol. The molecule has 1 atom stereocenters. The summed E-state index contributed by atoms with van der Waals surface area (Å²) in [5.74, 6) is 0. The zero-order valence-corrected chi connectivity index (χ0v) is 21.3. The lowest BCUT2D eigenvalue weighted by Gasteiger charge is -2.28. The third-order valence-electron chi connectivity index (χ3n) is 8.38. The van der Waals surface area contributed by atoms with Crippen molar-refractivity contribution < 1.29 is 0 Å². The van der Waals surface area contributed by atoms with Gasteiger partial charge in [-0.3, -0.25) is 0 Å². The Labute approximate surface area is 221 Å². The summed E-state index contributed by atoms with van der Waals surface area (Å²) in [6.07, 6.45) is 0. The first-order valence-corrected chi connectivity index (χ1v) is 13.7. The van der Waals surface area contributed by atoms with E-state index in [0.717, 1.165) is 0 Å². The van der Waals surface area contributed by atoms with Crippen molar-refractivity contribution in [1.82, 2.24) is 0 Å². The second-order valence-corrected chi connectivity index (χ2v) is 11.3. The van der Waals surface area contributed by atoms with Crippen LogP contribution in [0.5, 0.6) is 0 Å². The van der Waals surface area contributed by atoms with Gasteiger partial charge in [-0.1, -0.05) is 121 Å². The summed E-state index contributed by atoms with van der Waals surface area (Å²) < 4.78 is 0. The highest BCUT2D eigenvalue weighted by Gasteiger charge is 2.40. The van der Waals surface area contributed by atoms with E-state index in [0.29, 0.717) is 0 Å². The number of hydrogen-bond acceptors (Lipinski definition) is 1. The second kappa shape index (κ2) is 7.71. The minimum atomic E-state index is -0.190. The Morgan fingerprint density at radius 1 is 0.486 bits per heavy atom. The van der Waals surface area contributed by atoms with Crippen molar-refractivity contribution in [1.29, 1.82) is 0 Å². The molecule has 0 aromatic heterocycles. The predicted molar refractivity (Wildman–Crippen MR) is 156 cm³/mol. The maximum absolute atomic E-state index is 2.45. The Kier molecular flexibility index (Phi) is 4.39. The predicted octanol–water partition coefficient (Wildman–Crippen LogP) is 9.97. The summed E-state index contributed by atoms with van der Waals surface area (Å²) in [5.41, 5.74) is 11.9. The fourth-order valence-corrected chi connectivity index (χ4v) is 7.70. The number of rotatable bonds is 2. The maximum atomic E-state index is 2.45. The van der Waals surface area contributed by atoms with E-state index < -0.39 is 0 Å². The highest BCUT2D eigenvalue weighted by atomic mass is 32.2. The van der Waals surface area contributed by atoms with E-state index in [4.69, 9.17) is 0 Å². The fraction of sp³-hybridized carbons (Fsp3) is 0.0556. The Balaban J connectivity index is 1.38. The van der Waals surface area contributed by atoms with E-state index >= 15 is 0 Å². The van der Waals surface area contributed by atoms with Crippen molar-refractivity contribution in [2.24, 2.45) is 0 Å². The van der Waals surface area contributed by atoms with Gasteiger partial charge in [0.1, 0.15) is 0 Å². The molecule has 0 bridgehead atoms. The molecule has 6 aromatic rings. The third kappa shape index (κ3) is 2.86. The van der Waals surface area contributed by atoms with Crippen molar-refractivity contribution in [3.8, 4) is 33.4 Å². The first-order chi connectivity index (χ1) is 18.2. The van der Waals surface area contributed by atoms with E-state index in [1.54, 1.807) is 0 Å². The molecule has 8 rings (SSSR count). The number of hydrogen-bond donors (Lipinski definition) is 0. The molecule has 0 spiro atoms. The molecule has 174 valence electrons. The Hall–Kier alpha value is -4.07. The van der Waals surface area contributed by atoms with Crippen molar-refractivity contribution >= 4 is 22.5 Å². The molecule has 0 N–H and O–H groups in total. The highest BCUT2D eigenvalue weighted by Crippen LogP contribution is 2.54. The van der Waals surface area contributed by atoms with Gasteiger partial charge in [-0.2, -0.15) is 0 Å². The van der Waals surface area contributed by atoms with Crippen LogP contribution in [0.1, 0.15) is 23.6 Å². The average Bonchev–Trinajstić information content (AvgIpc) is 3.23. The molecule has 0 amide bonds. The molecule has 1 heterocycles. The van der Waals surface area contributed by atoms with Gasteiger partial charge in [0, 0.05) is 20.6 Å². The first kappa shape index (κ1) is 21.1. The van der Waals surface area contributed by atoms with Crippen LogP contribution in [0.2, 0.25) is 0 Å². The van der Waals surface area contributed by atoms with Crippen LogP contribution < -0.4 is 0 Å². The normalized spacial score (nSPS) is 16.8. The van der Waals surface area contributed by atoms with Gasteiger partial charge in [0.05, 0.1) is 0 Å². The first-order valence-electron chi connectivity index (χ1n) is 12.9. The summed E-state index contributed by atoms with van der Waals surface area (Å²) in [7, 11) is 0. The lowest BCUT2D eigenvalue weighted by molar-refractivity contribution is 0.714. The van der Waals surface area contributed by atoms with Gasteiger partial charge in [-0.05, 0) is 80.6 Å². The van der Waals surface area contributed by atoms with Gasteiger partial charge in [0.15, 0.2) is 0 Å². The minimum Gasteiger partial charge on any atom is -0.0888 e. The summed E-state index contributed by atoms with van der Waals surface area (Å²) in [6.45, 7) is 2.39. The van der Waals surface area contributed by atoms with Crippen molar-refractivity contribution in [3.05, 3.63) is 144 Å². The minimum absolute atomic E-state index is 0.190. The Bertz CT molecular complexity index is 1860. The Morgan fingerprint density at radius 2 is 1.19 bits per heavy atom. The zero-order chi connectivity index (χ0) is 24.6. The molecule has 1 heteroatoms. The summed E-state index contributed by atoms with van der Waals surface area (Å²) in [6, 6.07) is 47.2.